The van der Waals surface area contributed by atoms with Crippen LogP contribution >= 0.6 is 11.6 Å². The van der Waals surface area contributed by atoms with Crippen molar-refractivity contribution in [2.24, 2.45) is 0 Å². The molecular weight excluding hydrogens is 265 g/mol. The lowest BCUT2D eigenvalue weighted by Crippen LogP contribution is -2.24. The van der Waals surface area contributed by atoms with E-state index in [0.717, 1.165) is 12.1 Å². The molecule has 0 aromatic heterocycles. The van der Waals surface area contributed by atoms with Crippen LogP contribution in [0.3, 0.4) is 0 Å². The number of benzene rings is 1. The lowest BCUT2D eigenvalue weighted by molar-refractivity contribution is 0.565. The monoisotopic (exact) mass is 279 g/mol. The van der Waals surface area contributed by atoms with Gasteiger partial charge >= 0.3 is 0 Å². The molecule has 0 saturated carbocycles. The maximum atomic E-state index is 12.9. The molecule has 3 nitrogen and oxygen atoms in total. The van der Waals surface area contributed by atoms with Gasteiger partial charge in [0.05, 0.1) is 15.7 Å². The summed E-state index contributed by atoms with van der Waals surface area (Å²) in [5.74, 6) is -0.606. The fourth-order valence-electron chi connectivity index (χ4n) is 1.26. The van der Waals surface area contributed by atoms with Crippen molar-refractivity contribution in [2.45, 2.75) is 24.3 Å². The first-order chi connectivity index (χ1) is 7.86. The van der Waals surface area contributed by atoms with Gasteiger partial charge in [0.25, 0.3) is 0 Å². The normalized spacial score (nSPS) is 13.6. The van der Waals surface area contributed by atoms with Crippen LogP contribution in [0.4, 0.5) is 4.39 Å². The molecule has 0 aliphatic carbocycles. The molecule has 0 bridgehead atoms. The van der Waals surface area contributed by atoms with Gasteiger partial charge in [-0.05, 0) is 38.6 Å². The van der Waals surface area contributed by atoms with Crippen molar-refractivity contribution >= 4 is 21.4 Å². The summed E-state index contributed by atoms with van der Waals surface area (Å²) in [6.07, 6.45) is 0.494. The van der Waals surface area contributed by atoms with Crippen LogP contribution in [0, 0.1) is 5.82 Å². The molecule has 0 fully saturated rings. The quantitative estimate of drug-likeness (QED) is 0.841. The average Bonchev–Trinajstić information content (AvgIpc) is 2.29. The Kier molecular flexibility index (Phi) is 4.91. The zero-order valence-electron chi connectivity index (χ0n) is 9.70. The highest BCUT2D eigenvalue weighted by Gasteiger charge is 2.17. The summed E-state index contributed by atoms with van der Waals surface area (Å²) in [6, 6.07) is 3.56. The summed E-state index contributed by atoms with van der Waals surface area (Å²) >= 11 is 5.56. The Balaban J connectivity index is 2.86. The van der Waals surface area contributed by atoms with E-state index in [0.29, 0.717) is 6.42 Å². The Morgan fingerprint density at radius 2 is 2.12 bits per heavy atom. The van der Waals surface area contributed by atoms with Gasteiger partial charge in [0, 0.05) is 6.04 Å². The zero-order chi connectivity index (χ0) is 13.1. The number of hydrogen-bond acceptors (Lipinski definition) is 3. The van der Waals surface area contributed by atoms with Crippen LogP contribution in [0.15, 0.2) is 23.1 Å². The second kappa shape index (κ2) is 5.80. The molecule has 1 unspecified atom stereocenters. The highest BCUT2D eigenvalue weighted by atomic mass is 35.5. The van der Waals surface area contributed by atoms with Crippen molar-refractivity contribution in [2.75, 3.05) is 12.8 Å². The van der Waals surface area contributed by atoms with Gasteiger partial charge in [-0.1, -0.05) is 11.6 Å². The van der Waals surface area contributed by atoms with E-state index in [9.17, 15) is 12.8 Å². The van der Waals surface area contributed by atoms with Gasteiger partial charge in [0.15, 0.2) is 9.84 Å². The molecule has 17 heavy (non-hydrogen) atoms. The molecule has 0 aliphatic heterocycles. The summed E-state index contributed by atoms with van der Waals surface area (Å²) in [4.78, 5) is 0.0622. The van der Waals surface area contributed by atoms with Crippen molar-refractivity contribution in [1.29, 1.82) is 0 Å². The third kappa shape index (κ3) is 3.94. The molecule has 1 aromatic carbocycles. The fraction of sp³-hybridized carbons (Fsp3) is 0.455. The first-order valence-corrected chi connectivity index (χ1v) is 7.25. The maximum Gasteiger partial charge on any atom is 0.178 e. The number of sulfone groups is 1. The molecule has 1 rings (SSSR count). The Morgan fingerprint density at radius 3 is 2.65 bits per heavy atom. The summed E-state index contributed by atoms with van der Waals surface area (Å²) in [5, 5.41) is 2.79. The number of rotatable bonds is 5. The first-order valence-electron chi connectivity index (χ1n) is 5.22. The van der Waals surface area contributed by atoms with Crippen molar-refractivity contribution < 1.29 is 12.8 Å². The standard InChI is InChI=1S/C11H15ClFNO2S/c1-8(14-2)5-6-17(15,16)9-3-4-11(13)10(12)7-9/h3-4,7-8,14H,5-6H2,1-2H3. The lowest BCUT2D eigenvalue weighted by atomic mass is 10.3. The second-order valence-corrected chi connectivity index (χ2v) is 6.39. The van der Waals surface area contributed by atoms with E-state index in [-0.39, 0.29) is 21.7 Å². The molecule has 0 amide bonds. The van der Waals surface area contributed by atoms with E-state index < -0.39 is 15.7 Å². The molecule has 0 radical (unpaired) electrons. The Labute approximate surface area is 106 Å². The molecule has 1 aromatic rings. The summed E-state index contributed by atoms with van der Waals surface area (Å²) in [5.41, 5.74) is 0. The zero-order valence-corrected chi connectivity index (χ0v) is 11.3. The highest BCUT2D eigenvalue weighted by Crippen LogP contribution is 2.20. The van der Waals surface area contributed by atoms with Crippen molar-refractivity contribution in [3.05, 3.63) is 29.0 Å². The van der Waals surface area contributed by atoms with E-state index in [1.165, 1.54) is 6.07 Å². The molecule has 0 saturated heterocycles. The smallest absolute Gasteiger partial charge is 0.178 e. The SMILES string of the molecule is CNC(C)CCS(=O)(=O)c1ccc(F)c(Cl)c1. The first kappa shape index (κ1) is 14.4. The maximum absolute atomic E-state index is 12.9. The van der Waals surface area contributed by atoms with E-state index >= 15 is 0 Å². The topological polar surface area (TPSA) is 46.2 Å². The van der Waals surface area contributed by atoms with Gasteiger partial charge in [-0.2, -0.15) is 0 Å². The van der Waals surface area contributed by atoms with E-state index in [1.54, 1.807) is 7.05 Å². The van der Waals surface area contributed by atoms with Crippen LogP contribution < -0.4 is 5.32 Å². The predicted molar refractivity (Wildman–Crippen MR) is 66.6 cm³/mol. The molecule has 0 aliphatic rings. The number of nitrogens with one attached hydrogen (secondary N) is 1. The van der Waals surface area contributed by atoms with Gasteiger partial charge in [-0.3, -0.25) is 0 Å². The summed E-state index contributed by atoms with van der Waals surface area (Å²) < 4.78 is 36.7. The van der Waals surface area contributed by atoms with Gasteiger partial charge in [0.1, 0.15) is 5.82 Å². The second-order valence-electron chi connectivity index (χ2n) is 3.87. The van der Waals surface area contributed by atoms with Crippen LogP contribution in [0.25, 0.3) is 0 Å². The van der Waals surface area contributed by atoms with Crippen molar-refractivity contribution in [3.63, 3.8) is 0 Å². The van der Waals surface area contributed by atoms with Crippen molar-refractivity contribution in [1.82, 2.24) is 5.32 Å². The fourth-order valence-corrected chi connectivity index (χ4v) is 2.98. The minimum Gasteiger partial charge on any atom is -0.317 e. The van der Waals surface area contributed by atoms with E-state index in [1.807, 2.05) is 6.92 Å². The van der Waals surface area contributed by atoms with Crippen LogP contribution in [0.1, 0.15) is 13.3 Å². The predicted octanol–water partition coefficient (Wildman–Crippen LogP) is 2.25. The molecular formula is C11H15ClFNO2S. The number of hydrogen-bond donors (Lipinski definition) is 1. The minimum atomic E-state index is -3.40. The van der Waals surface area contributed by atoms with Gasteiger partial charge in [-0.15, -0.1) is 0 Å². The summed E-state index contributed by atoms with van der Waals surface area (Å²) in [7, 11) is -1.63. The molecule has 1 atom stereocenters. The summed E-state index contributed by atoms with van der Waals surface area (Å²) in [6.45, 7) is 1.90. The van der Waals surface area contributed by atoms with Crippen LogP contribution in [0.5, 0.6) is 0 Å². The molecule has 96 valence electrons. The van der Waals surface area contributed by atoms with Crippen LogP contribution in [-0.2, 0) is 9.84 Å². The van der Waals surface area contributed by atoms with E-state index in [4.69, 9.17) is 11.6 Å². The third-order valence-corrected chi connectivity index (χ3v) is 4.60. The Morgan fingerprint density at radius 1 is 1.47 bits per heavy atom. The Bertz CT molecular complexity index is 490. The minimum absolute atomic E-state index is 0.0109. The van der Waals surface area contributed by atoms with E-state index in [2.05, 4.69) is 5.32 Å². The molecule has 0 heterocycles. The molecule has 6 heteroatoms. The lowest BCUT2D eigenvalue weighted by Gasteiger charge is -2.10. The van der Waals surface area contributed by atoms with Gasteiger partial charge < -0.3 is 5.32 Å². The van der Waals surface area contributed by atoms with Crippen molar-refractivity contribution in [3.8, 4) is 0 Å². The molecule has 1 N–H and O–H groups in total. The third-order valence-electron chi connectivity index (χ3n) is 2.56. The Hall–Kier alpha value is -0.650. The average molecular weight is 280 g/mol. The number of halogens is 2. The van der Waals surface area contributed by atoms with Crippen LogP contribution in [0.2, 0.25) is 5.02 Å². The molecule has 0 spiro atoms. The highest BCUT2D eigenvalue weighted by molar-refractivity contribution is 7.91. The van der Waals surface area contributed by atoms with Gasteiger partial charge in [0.2, 0.25) is 0 Å². The van der Waals surface area contributed by atoms with Crippen LogP contribution in [-0.4, -0.2) is 27.3 Å². The van der Waals surface area contributed by atoms with Gasteiger partial charge in [-0.25, -0.2) is 12.8 Å². The largest absolute Gasteiger partial charge is 0.317 e.